The molecule has 0 aliphatic heterocycles. The Balaban J connectivity index is 2.22. The fourth-order valence-electron chi connectivity index (χ4n) is 3.39. The van der Waals surface area contributed by atoms with Crippen LogP contribution >= 0.6 is 0 Å². The van der Waals surface area contributed by atoms with E-state index < -0.39 is 0 Å². The molecule has 0 aliphatic rings. The van der Waals surface area contributed by atoms with E-state index in [-0.39, 0.29) is 0 Å². The second-order valence-corrected chi connectivity index (χ2v) is 6.35. The number of hydrogen-bond donors (Lipinski definition) is 0. The molecule has 0 unspecified atom stereocenters. The Hall–Kier alpha value is -2.67. The summed E-state index contributed by atoms with van der Waals surface area (Å²) in [7, 11) is 0. The maximum atomic E-state index is 5.06. The Morgan fingerprint density at radius 1 is 0.652 bits per heavy atom. The largest absolute Gasteiger partial charge is 0.247 e. The van der Waals surface area contributed by atoms with E-state index in [1.54, 1.807) is 0 Å². The summed E-state index contributed by atoms with van der Waals surface area (Å²) in [5, 5.41) is 3.76. The summed E-state index contributed by atoms with van der Waals surface area (Å²) in [4.78, 5) is 5.06. The molecule has 4 aromatic rings. The zero-order valence-electron chi connectivity index (χ0n) is 13.7. The topological polar surface area (TPSA) is 12.9 Å². The zero-order valence-corrected chi connectivity index (χ0v) is 13.7. The first-order valence-electron chi connectivity index (χ1n) is 8.00. The molecule has 0 spiro atoms. The predicted molar refractivity (Wildman–Crippen MR) is 98.9 cm³/mol. The molecule has 0 N–H and O–H groups in total. The molecule has 0 amide bonds. The van der Waals surface area contributed by atoms with Gasteiger partial charge in [-0.1, -0.05) is 59.7 Å². The maximum Gasteiger partial charge on any atom is 0.0788 e. The van der Waals surface area contributed by atoms with E-state index in [1.165, 1.54) is 38.4 Å². The number of hydrogen-bond acceptors (Lipinski definition) is 1. The molecular formula is C22H19N. The number of fused-ring (bicyclic) bond motifs is 3. The van der Waals surface area contributed by atoms with Crippen LogP contribution < -0.4 is 0 Å². The SMILES string of the molecule is Cc1ccc2c(c1)c(-c1ccccc1)nc1c(C)cc(C)cc12. The molecule has 0 fully saturated rings. The van der Waals surface area contributed by atoms with Gasteiger partial charge in [-0.05, 0) is 43.9 Å². The highest BCUT2D eigenvalue weighted by Crippen LogP contribution is 2.34. The van der Waals surface area contributed by atoms with Crippen LogP contribution in [0.1, 0.15) is 16.7 Å². The third-order valence-electron chi connectivity index (χ3n) is 4.44. The third-order valence-corrected chi connectivity index (χ3v) is 4.44. The van der Waals surface area contributed by atoms with Crippen LogP contribution in [0.15, 0.2) is 60.7 Å². The minimum Gasteiger partial charge on any atom is -0.247 e. The molecule has 0 atom stereocenters. The van der Waals surface area contributed by atoms with Gasteiger partial charge < -0.3 is 0 Å². The van der Waals surface area contributed by atoms with Gasteiger partial charge in [0.15, 0.2) is 0 Å². The molecule has 1 heterocycles. The van der Waals surface area contributed by atoms with E-state index >= 15 is 0 Å². The van der Waals surface area contributed by atoms with Gasteiger partial charge in [-0.25, -0.2) is 4.98 Å². The number of aryl methyl sites for hydroxylation is 3. The zero-order chi connectivity index (χ0) is 16.0. The molecule has 0 aliphatic carbocycles. The number of pyridine rings is 1. The summed E-state index contributed by atoms with van der Waals surface area (Å²) in [5.74, 6) is 0. The highest BCUT2D eigenvalue weighted by atomic mass is 14.7. The summed E-state index contributed by atoms with van der Waals surface area (Å²) in [6.45, 7) is 6.44. The molecular weight excluding hydrogens is 278 g/mol. The Kier molecular flexibility index (Phi) is 3.16. The second-order valence-electron chi connectivity index (χ2n) is 6.35. The van der Waals surface area contributed by atoms with Crippen LogP contribution in [0.3, 0.4) is 0 Å². The number of aromatic nitrogens is 1. The Bertz CT molecular complexity index is 1030. The van der Waals surface area contributed by atoms with Gasteiger partial charge >= 0.3 is 0 Å². The van der Waals surface area contributed by atoms with Gasteiger partial charge in [-0.3, -0.25) is 0 Å². The molecule has 1 aromatic heterocycles. The lowest BCUT2D eigenvalue weighted by Crippen LogP contribution is -1.93. The molecule has 0 saturated carbocycles. The van der Waals surface area contributed by atoms with E-state index in [1.807, 2.05) is 6.07 Å². The van der Waals surface area contributed by atoms with E-state index in [0.29, 0.717) is 0 Å². The summed E-state index contributed by atoms with van der Waals surface area (Å²) < 4.78 is 0. The highest BCUT2D eigenvalue weighted by molar-refractivity contribution is 6.11. The van der Waals surface area contributed by atoms with Crippen LogP contribution in [0.5, 0.6) is 0 Å². The molecule has 0 saturated heterocycles. The molecule has 1 heteroatoms. The van der Waals surface area contributed by atoms with Crippen molar-refractivity contribution in [2.45, 2.75) is 20.8 Å². The number of nitrogens with zero attached hydrogens (tertiary/aromatic N) is 1. The van der Waals surface area contributed by atoms with Crippen molar-refractivity contribution < 1.29 is 0 Å². The van der Waals surface area contributed by atoms with E-state index in [2.05, 4.69) is 75.4 Å². The molecule has 3 aromatic carbocycles. The van der Waals surface area contributed by atoms with Crippen LogP contribution in [-0.4, -0.2) is 4.98 Å². The van der Waals surface area contributed by atoms with E-state index in [9.17, 15) is 0 Å². The summed E-state index contributed by atoms with van der Waals surface area (Å²) >= 11 is 0. The first kappa shape index (κ1) is 14.0. The van der Waals surface area contributed by atoms with E-state index in [0.717, 1.165) is 11.2 Å². The number of benzene rings is 3. The first-order chi connectivity index (χ1) is 11.1. The monoisotopic (exact) mass is 297 g/mol. The van der Waals surface area contributed by atoms with Crippen LogP contribution in [0, 0.1) is 20.8 Å². The Morgan fingerprint density at radius 3 is 2.17 bits per heavy atom. The Labute approximate surface area is 136 Å². The fourth-order valence-corrected chi connectivity index (χ4v) is 3.39. The van der Waals surface area contributed by atoms with Crippen LogP contribution in [-0.2, 0) is 0 Å². The van der Waals surface area contributed by atoms with Crippen molar-refractivity contribution in [2.75, 3.05) is 0 Å². The Morgan fingerprint density at radius 2 is 1.39 bits per heavy atom. The maximum absolute atomic E-state index is 5.06. The van der Waals surface area contributed by atoms with Crippen LogP contribution in [0.25, 0.3) is 32.9 Å². The van der Waals surface area contributed by atoms with Crippen molar-refractivity contribution in [1.82, 2.24) is 4.98 Å². The van der Waals surface area contributed by atoms with Crippen LogP contribution in [0.4, 0.5) is 0 Å². The smallest absolute Gasteiger partial charge is 0.0788 e. The molecule has 4 rings (SSSR count). The predicted octanol–water partition coefficient (Wildman–Crippen LogP) is 5.98. The first-order valence-corrected chi connectivity index (χ1v) is 8.00. The lowest BCUT2D eigenvalue weighted by atomic mass is 9.96. The third kappa shape index (κ3) is 2.29. The molecule has 1 nitrogen and oxygen atoms in total. The van der Waals surface area contributed by atoms with Gasteiger partial charge in [-0.15, -0.1) is 0 Å². The standard InChI is InChI=1S/C22H19N/c1-14-9-10-18-19-13-15(2)11-16(3)21(19)23-22(20(18)12-14)17-7-5-4-6-8-17/h4-13H,1-3H3. The lowest BCUT2D eigenvalue weighted by molar-refractivity contribution is 1.35. The average molecular weight is 297 g/mol. The number of rotatable bonds is 1. The summed E-state index contributed by atoms with van der Waals surface area (Å²) in [5.41, 5.74) is 7.13. The van der Waals surface area contributed by atoms with Crippen LogP contribution in [0.2, 0.25) is 0 Å². The van der Waals surface area contributed by atoms with Gasteiger partial charge in [-0.2, -0.15) is 0 Å². The van der Waals surface area contributed by atoms with Crippen molar-refractivity contribution in [2.24, 2.45) is 0 Å². The van der Waals surface area contributed by atoms with E-state index in [4.69, 9.17) is 4.98 Å². The average Bonchev–Trinajstić information content (AvgIpc) is 2.55. The van der Waals surface area contributed by atoms with Crippen molar-refractivity contribution in [3.8, 4) is 11.3 Å². The quantitative estimate of drug-likeness (QED) is 0.394. The normalized spacial score (nSPS) is 11.3. The lowest BCUT2D eigenvalue weighted by Gasteiger charge is -2.13. The molecule has 0 bridgehead atoms. The van der Waals surface area contributed by atoms with Crippen molar-refractivity contribution in [1.29, 1.82) is 0 Å². The van der Waals surface area contributed by atoms with Gasteiger partial charge in [0, 0.05) is 16.3 Å². The van der Waals surface area contributed by atoms with Gasteiger partial charge in [0.05, 0.1) is 11.2 Å². The van der Waals surface area contributed by atoms with Gasteiger partial charge in [0.1, 0.15) is 0 Å². The van der Waals surface area contributed by atoms with Gasteiger partial charge in [0.2, 0.25) is 0 Å². The minimum absolute atomic E-state index is 1.07. The second kappa shape index (κ2) is 5.20. The van der Waals surface area contributed by atoms with Crippen molar-refractivity contribution >= 4 is 21.7 Å². The van der Waals surface area contributed by atoms with Crippen molar-refractivity contribution in [3.05, 3.63) is 77.4 Å². The molecule has 112 valence electrons. The molecule has 23 heavy (non-hydrogen) atoms. The van der Waals surface area contributed by atoms with Crippen molar-refractivity contribution in [3.63, 3.8) is 0 Å². The highest BCUT2D eigenvalue weighted by Gasteiger charge is 2.12. The molecule has 0 radical (unpaired) electrons. The fraction of sp³-hybridized carbons (Fsp3) is 0.136. The minimum atomic E-state index is 1.07. The summed E-state index contributed by atoms with van der Waals surface area (Å²) in [6.07, 6.45) is 0. The van der Waals surface area contributed by atoms with Gasteiger partial charge in [0.25, 0.3) is 0 Å². The summed E-state index contributed by atoms with van der Waals surface area (Å²) in [6, 6.07) is 21.6.